The van der Waals surface area contributed by atoms with Crippen LogP contribution in [0.15, 0.2) is 42.5 Å². The molecule has 0 aliphatic rings. The van der Waals surface area contributed by atoms with E-state index < -0.39 is 6.10 Å². The molecule has 5 nitrogen and oxygen atoms in total. The maximum Gasteiger partial charge on any atom is 0.185 e. The van der Waals surface area contributed by atoms with Crippen LogP contribution in [0.5, 0.6) is 0 Å². The number of anilines is 1. The molecule has 126 valence electrons. The van der Waals surface area contributed by atoms with Gasteiger partial charge in [-0.3, -0.25) is 4.40 Å². The summed E-state index contributed by atoms with van der Waals surface area (Å²) in [5.41, 5.74) is 11.2. The minimum Gasteiger partial charge on any atom is -0.395 e. The normalized spacial score (nSPS) is 12.8. The molecule has 3 N–H and O–H groups in total. The van der Waals surface area contributed by atoms with Gasteiger partial charge in [-0.25, -0.2) is 0 Å². The van der Waals surface area contributed by atoms with Gasteiger partial charge in [0.25, 0.3) is 0 Å². The van der Waals surface area contributed by atoms with Crippen LogP contribution >= 0.6 is 11.6 Å². The highest BCUT2D eigenvalue weighted by molar-refractivity contribution is 6.31. The predicted molar refractivity (Wildman–Crippen MR) is 101 cm³/mol. The average Bonchev–Trinajstić information content (AvgIpc) is 2.97. The molecule has 25 heavy (non-hydrogen) atoms. The van der Waals surface area contributed by atoms with E-state index >= 15 is 0 Å². The number of nitrogen functional groups attached to an aromatic ring is 1. The van der Waals surface area contributed by atoms with Gasteiger partial charge in [-0.2, -0.15) is 0 Å². The summed E-state index contributed by atoms with van der Waals surface area (Å²) in [6.45, 7) is 3.63. The number of benzene rings is 2. The average molecular weight is 353 g/mol. The molecule has 1 atom stereocenters. The standard InChI is InChI=1S/C19H17ClN4O/c1-10(25)12-4-3-5-13(8-12)17-15-9-14(20)6-7-16(15)24-11(2)22-23-19(24)18(17)21/h3-10,25H,21H2,1-2H3. The van der Waals surface area contributed by atoms with Crippen molar-refractivity contribution in [1.82, 2.24) is 14.6 Å². The minimum absolute atomic E-state index is 0.540. The Bertz CT molecular complexity index is 1120. The van der Waals surface area contributed by atoms with E-state index in [-0.39, 0.29) is 0 Å². The van der Waals surface area contributed by atoms with E-state index in [1.807, 2.05) is 53.8 Å². The van der Waals surface area contributed by atoms with Crippen molar-refractivity contribution in [3.8, 4) is 11.1 Å². The van der Waals surface area contributed by atoms with E-state index in [2.05, 4.69) is 10.2 Å². The van der Waals surface area contributed by atoms with Gasteiger partial charge in [0.1, 0.15) is 5.82 Å². The van der Waals surface area contributed by atoms with Gasteiger partial charge in [0.2, 0.25) is 0 Å². The third-order valence-corrected chi connectivity index (χ3v) is 4.70. The van der Waals surface area contributed by atoms with Crippen LogP contribution in [0.2, 0.25) is 5.02 Å². The molecular weight excluding hydrogens is 336 g/mol. The fourth-order valence-corrected chi connectivity index (χ4v) is 3.42. The van der Waals surface area contributed by atoms with Crippen molar-refractivity contribution < 1.29 is 5.11 Å². The smallest absolute Gasteiger partial charge is 0.185 e. The Hall–Kier alpha value is -2.63. The van der Waals surface area contributed by atoms with Crippen LogP contribution < -0.4 is 5.73 Å². The molecule has 6 heteroatoms. The molecule has 0 saturated heterocycles. The van der Waals surface area contributed by atoms with Crippen molar-refractivity contribution in [1.29, 1.82) is 0 Å². The van der Waals surface area contributed by atoms with Gasteiger partial charge in [0.05, 0.1) is 17.3 Å². The summed E-state index contributed by atoms with van der Waals surface area (Å²) < 4.78 is 1.93. The second kappa shape index (κ2) is 5.72. The molecule has 2 heterocycles. The van der Waals surface area contributed by atoms with Crippen molar-refractivity contribution in [3.05, 3.63) is 58.9 Å². The van der Waals surface area contributed by atoms with Gasteiger partial charge >= 0.3 is 0 Å². The Morgan fingerprint density at radius 3 is 2.72 bits per heavy atom. The Morgan fingerprint density at radius 1 is 1.16 bits per heavy atom. The van der Waals surface area contributed by atoms with Crippen LogP contribution in [-0.4, -0.2) is 19.7 Å². The van der Waals surface area contributed by atoms with Gasteiger partial charge in [-0.1, -0.05) is 29.8 Å². The third-order valence-electron chi connectivity index (χ3n) is 4.46. The van der Waals surface area contributed by atoms with Crippen molar-refractivity contribution in [3.63, 3.8) is 0 Å². The largest absolute Gasteiger partial charge is 0.395 e. The van der Waals surface area contributed by atoms with E-state index in [9.17, 15) is 5.11 Å². The summed E-state index contributed by atoms with van der Waals surface area (Å²) in [4.78, 5) is 0. The second-order valence-electron chi connectivity index (χ2n) is 6.16. The zero-order chi connectivity index (χ0) is 17.7. The van der Waals surface area contributed by atoms with E-state index in [1.54, 1.807) is 6.92 Å². The zero-order valence-electron chi connectivity index (χ0n) is 13.9. The topological polar surface area (TPSA) is 76.4 Å². The molecular formula is C19H17ClN4O. The molecule has 2 aromatic carbocycles. The third kappa shape index (κ3) is 2.44. The number of rotatable bonds is 2. The van der Waals surface area contributed by atoms with Crippen LogP contribution in [0, 0.1) is 6.92 Å². The first-order valence-electron chi connectivity index (χ1n) is 7.98. The molecule has 4 aromatic rings. The number of halogens is 1. The lowest BCUT2D eigenvalue weighted by molar-refractivity contribution is 0.199. The number of fused-ring (bicyclic) bond motifs is 3. The number of aliphatic hydroxyl groups is 1. The van der Waals surface area contributed by atoms with Crippen molar-refractivity contribution in [2.24, 2.45) is 0 Å². The molecule has 0 bridgehead atoms. The number of aliphatic hydroxyl groups excluding tert-OH is 1. The van der Waals surface area contributed by atoms with Crippen molar-refractivity contribution in [2.75, 3.05) is 5.73 Å². The van der Waals surface area contributed by atoms with Crippen molar-refractivity contribution >= 4 is 33.8 Å². The molecule has 0 aliphatic heterocycles. The molecule has 0 spiro atoms. The number of hydrogen-bond donors (Lipinski definition) is 2. The Morgan fingerprint density at radius 2 is 1.96 bits per heavy atom. The number of hydrogen-bond acceptors (Lipinski definition) is 4. The van der Waals surface area contributed by atoms with Crippen LogP contribution in [0.3, 0.4) is 0 Å². The first-order valence-corrected chi connectivity index (χ1v) is 8.36. The molecule has 4 rings (SSSR count). The molecule has 1 unspecified atom stereocenters. The summed E-state index contributed by atoms with van der Waals surface area (Å²) in [6, 6.07) is 13.4. The first kappa shape index (κ1) is 15.9. The van der Waals surface area contributed by atoms with Crippen LogP contribution in [0.1, 0.15) is 24.4 Å². The van der Waals surface area contributed by atoms with Crippen molar-refractivity contribution in [2.45, 2.75) is 20.0 Å². The Labute approximate surface area is 149 Å². The number of nitrogens with two attached hydrogens (primary N) is 1. The van der Waals surface area contributed by atoms with E-state index in [1.165, 1.54) is 0 Å². The molecule has 0 amide bonds. The lowest BCUT2D eigenvalue weighted by Crippen LogP contribution is -2.01. The van der Waals surface area contributed by atoms with Gasteiger partial charge in [0.15, 0.2) is 5.65 Å². The van der Waals surface area contributed by atoms with E-state index in [0.717, 1.165) is 33.4 Å². The van der Waals surface area contributed by atoms with Gasteiger partial charge < -0.3 is 10.8 Å². The van der Waals surface area contributed by atoms with Crippen LogP contribution in [0.25, 0.3) is 27.7 Å². The number of aryl methyl sites for hydroxylation is 1. The SMILES string of the molecule is Cc1nnc2c(N)c(-c3cccc(C(C)O)c3)c3cc(Cl)ccc3n12. The number of nitrogens with zero attached hydrogens (tertiary/aromatic N) is 3. The summed E-state index contributed by atoms with van der Waals surface area (Å²) in [6.07, 6.45) is -0.560. The molecule has 0 aliphatic carbocycles. The van der Waals surface area contributed by atoms with E-state index in [0.29, 0.717) is 16.4 Å². The fourth-order valence-electron chi connectivity index (χ4n) is 3.25. The fraction of sp³-hybridized carbons (Fsp3) is 0.158. The first-order chi connectivity index (χ1) is 12.0. The summed E-state index contributed by atoms with van der Waals surface area (Å²) in [5.74, 6) is 0.762. The monoisotopic (exact) mass is 352 g/mol. The maximum atomic E-state index is 9.92. The Balaban J connectivity index is 2.17. The summed E-state index contributed by atoms with van der Waals surface area (Å²) in [7, 11) is 0. The van der Waals surface area contributed by atoms with Gasteiger partial charge in [0, 0.05) is 16.0 Å². The number of pyridine rings is 1. The second-order valence-corrected chi connectivity index (χ2v) is 6.59. The lowest BCUT2D eigenvalue weighted by atomic mass is 9.96. The molecule has 0 saturated carbocycles. The Kier molecular flexibility index (Phi) is 3.63. The predicted octanol–water partition coefficient (Wildman–Crippen LogP) is 4.15. The van der Waals surface area contributed by atoms with Crippen LogP contribution in [0.4, 0.5) is 5.69 Å². The van der Waals surface area contributed by atoms with Gasteiger partial charge in [-0.05, 0) is 49.2 Å². The number of aromatic nitrogens is 3. The lowest BCUT2D eigenvalue weighted by Gasteiger charge is -2.15. The highest BCUT2D eigenvalue weighted by atomic mass is 35.5. The minimum atomic E-state index is -0.560. The highest BCUT2D eigenvalue weighted by Crippen LogP contribution is 2.38. The summed E-state index contributed by atoms with van der Waals surface area (Å²) in [5, 5.41) is 19.9. The molecule has 0 fully saturated rings. The molecule has 0 radical (unpaired) electrons. The zero-order valence-corrected chi connectivity index (χ0v) is 14.6. The van der Waals surface area contributed by atoms with Crippen LogP contribution in [-0.2, 0) is 0 Å². The van der Waals surface area contributed by atoms with E-state index in [4.69, 9.17) is 17.3 Å². The maximum absolute atomic E-state index is 9.92. The molecule has 2 aromatic heterocycles. The quantitative estimate of drug-likeness (QED) is 0.568. The summed E-state index contributed by atoms with van der Waals surface area (Å²) >= 11 is 6.26. The van der Waals surface area contributed by atoms with Gasteiger partial charge in [-0.15, -0.1) is 10.2 Å². The highest BCUT2D eigenvalue weighted by Gasteiger charge is 2.18.